The molecule has 31 heavy (non-hydrogen) atoms. The van der Waals surface area contributed by atoms with E-state index in [1.165, 1.54) is 6.33 Å². The Hall–Kier alpha value is -4.19. The van der Waals surface area contributed by atoms with Crippen LogP contribution in [0.15, 0.2) is 73.2 Å². The number of hydrogen-bond acceptors (Lipinski definition) is 4. The fourth-order valence-electron chi connectivity index (χ4n) is 3.81. The molecule has 0 atom stereocenters. The zero-order chi connectivity index (χ0) is 21.4. The Kier molecular flexibility index (Phi) is 4.59. The Morgan fingerprint density at radius 1 is 0.935 bits per heavy atom. The monoisotopic (exact) mass is 408 g/mol. The molecule has 5 aromatic rings. The smallest absolute Gasteiger partial charge is 0.256 e. The number of aromatic amines is 1. The fourth-order valence-corrected chi connectivity index (χ4v) is 3.81. The van der Waals surface area contributed by atoms with Crippen molar-refractivity contribution in [2.75, 3.05) is 5.32 Å². The number of aryl methyl sites for hydroxylation is 2. The van der Waals surface area contributed by atoms with Gasteiger partial charge in [-0.3, -0.25) is 4.79 Å². The van der Waals surface area contributed by atoms with E-state index in [1.807, 2.05) is 68.4 Å². The largest absolute Gasteiger partial charge is 0.438 e. The van der Waals surface area contributed by atoms with Gasteiger partial charge in [0, 0.05) is 17.4 Å². The number of amides is 1. The lowest BCUT2D eigenvalue weighted by molar-refractivity contribution is 0.102. The molecule has 0 aliphatic heterocycles. The molecule has 0 saturated carbocycles. The van der Waals surface area contributed by atoms with Crippen LogP contribution in [-0.4, -0.2) is 20.9 Å². The van der Waals surface area contributed by atoms with Gasteiger partial charge in [0.2, 0.25) is 5.88 Å². The van der Waals surface area contributed by atoms with E-state index in [9.17, 15) is 4.79 Å². The van der Waals surface area contributed by atoms with Crippen LogP contribution in [0.5, 0.6) is 11.6 Å². The third-order valence-electron chi connectivity index (χ3n) is 5.11. The summed E-state index contributed by atoms with van der Waals surface area (Å²) in [7, 11) is 0. The summed E-state index contributed by atoms with van der Waals surface area (Å²) in [6, 6.07) is 19.2. The number of ether oxygens (including phenoxy) is 1. The van der Waals surface area contributed by atoms with Crippen LogP contribution in [0.3, 0.4) is 0 Å². The number of nitrogens with one attached hydrogen (secondary N) is 2. The van der Waals surface area contributed by atoms with Crippen molar-refractivity contribution in [3.05, 3.63) is 89.9 Å². The lowest BCUT2D eigenvalue weighted by Gasteiger charge is -2.11. The first kappa shape index (κ1) is 18.8. The number of aromatic nitrogens is 3. The van der Waals surface area contributed by atoms with Crippen molar-refractivity contribution in [2.45, 2.75) is 13.8 Å². The van der Waals surface area contributed by atoms with Gasteiger partial charge in [-0.15, -0.1) is 0 Å². The average Bonchev–Trinajstić information content (AvgIpc) is 3.22. The third-order valence-corrected chi connectivity index (χ3v) is 5.11. The Morgan fingerprint density at radius 3 is 2.61 bits per heavy atom. The van der Waals surface area contributed by atoms with E-state index in [-0.39, 0.29) is 5.91 Å². The zero-order valence-electron chi connectivity index (χ0n) is 17.1. The maximum Gasteiger partial charge on any atom is 0.256 e. The Bertz CT molecular complexity index is 1420. The van der Waals surface area contributed by atoms with Crippen LogP contribution in [0.25, 0.3) is 21.8 Å². The minimum atomic E-state index is -0.144. The molecule has 5 rings (SSSR count). The summed E-state index contributed by atoms with van der Waals surface area (Å²) in [5.74, 6) is 0.976. The molecule has 1 amide bonds. The summed E-state index contributed by atoms with van der Waals surface area (Å²) in [4.78, 5) is 24.4. The predicted octanol–water partition coefficient (Wildman–Crippen LogP) is 5.77. The van der Waals surface area contributed by atoms with Crippen molar-refractivity contribution in [3.8, 4) is 11.6 Å². The summed E-state index contributed by atoms with van der Waals surface area (Å²) in [6.07, 6.45) is 3.26. The number of hydrogen-bond donors (Lipinski definition) is 2. The van der Waals surface area contributed by atoms with E-state index in [2.05, 4.69) is 26.3 Å². The van der Waals surface area contributed by atoms with Gasteiger partial charge in [0.05, 0.1) is 5.39 Å². The van der Waals surface area contributed by atoms with Gasteiger partial charge < -0.3 is 15.0 Å². The molecule has 2 aromatic heterocycles. The van der Waals surface area contributed by atoms with Crippen LogP contribution in [0.4, 0.5) is 5.69 Å². The van der Waals surface area contributed by atoms with Gasteiger partial charge in [-0.1, -0.05) is 18.2 Å². The van der Waals surface area contributed by atoms with Gasteiger partial charge in [0.1, 0.15) is 17.7 Å². The standard InChI is InChI=1S/C25H20N4O2/c1-15-10-16(2)12-18(11-15)29-24(30)21-5-3-4-17-13-19(6-7-20(17)21)31-25-22-8-9-26-23(22)27-14-28-25/h3-14H,1-2H3,(H,29,30)(H,26,27,28). The summed E-state index contributed by atoms with van der Waals surface area (Å²) in [5.41, 5.74) is 4.33. The van der Waals surface area contributed by atoms with Gasteiger partial charge in [-0.05, 0) is 78.2 Å². The predicted molar refractivity (Wildman–Crippen MR) is 122 cm³/mol. The molecule has 0 radical (unpaired) electrons. The molecule has 0 bridgehead atoms. The quantitative estimate of drug-likeness (QED) is 0.395. The topological polar surface area (TPSA) is 79.9 Å². The van der Waals surface area contributed by atoms with Gasteiger partial charge in [0.25, 0.3) is 5.91 Å². The molecule has 152 valence electrons. The molecule has 0 aliphatic rings. The van der Waals surface area contributed by atoms with Crippen molar-refractivity contribution < 1.29 is 9.53 Å². The molecule has 3 aromatic carbocycles. The maximum atomic E-state index is 13.0. The van der Waals surface area contributed by atoms with E-state index in [0.717, 1.165) is 38.6 Å². The van der Waals surface area contributed by atoms with Crippen molar-refractivity contribution in [1.82, 2.24) is 15.0 Å². The van der Waals surface area contributed by atoms with Crippen molar-refractivity contribution >= 4 is 33.4 Å². The first-order chi connectivity index (χ1) is 15.1. The highest BCUT2D eigenvalue weighted by molar-refractivity contribution is 6.13. The van der Waals surface area contributed by atoms with E-state index in [4.69, 9.17) is 4.74 Å². The highest BCUT2D eigenvalue weighted by Crippen LogP contribution is 2.30. The number of fused-ring (bicyclic) bond motifs is 2. The highest BCUT2D eigenvalue weighted by atomic mass is 16.5. The van der Waals surface area contributed by atoms with Gasteiger partial charge in [-0.2, -0.15) is 0 Å². The number of rotatable bonds is 4. The van der Waals surface area contributed by atoms with E-state index in [1.54, 1.807) is 6.20 Å². The second kappa shape index (κ2) is 7.57. The number of nitrogens with zero attached hydrogens (tertiary/aromatic N) is 2. The molecule has 6 nitrogen and oxygen atoms in total. The zero-order valence-corrected chi connectivity index (χ0v) is 17.1. The van der Waals surface area contributed by atoms with E-state index >= 15 is 0 Å². The van der Waals surface area contributed by atoms with Crippen LogP contribution in [0, 0.1) is 13.8 Å². The number of carbonyl (C=O) groups excluding carboxylic acids is 1. The Morgan fingerprint density at radius 2 is 1.77 bits per heavy atom. The molecule has 0 aliphatic carbocycles. The van der Waals surface area contributed by atoms with Crippen LogP contribution >= 0.6 is 0 Å². The second-order valence-electron chi connectivity index (χ2n) is 7.54. The molecule has 0 fully saturated rings. The van der Waals surface area contributed by atoms with Crippen LogP contribution in [-0.2, 0) is 0 Å². The van der Waals surface area contributed by atoms with E-state index < -0.39 is 0 Å². The van der Waals surface area contributed by atoms with Gasteiger partial charge >= 0.3 is 0 Å². The summed E-state index contributed by atoms with van der Waals surface area (Å²) in [6.45, 7) is 4.03. The van der Waals surface area contributed by atoms with Gasteiger partial charge in [-0.25, -0.2) is 9.97 Å². The van der Waals surface area contributed by atoms with Crippen molar-refractivity contribution in [2.24, 2.45) is 0 Å². The number of anilines is 1. The lowest BCUT2D eigenvalue weighted by Crippen LogP contribution is -2.12. The number of benzene rings is 3. The minimum Gasteiger partial charge on any atom is -0.438 e. The second-order valence-corrected chi connectivity index (χ2v) is 7.54. The molecular weight excluding hydrogens is 388 g/mol. The number of carbonyl (C=O) groups is 1. The van der Waals surface area contributed by atoms with Crippen LogP contribution in [0.2, 0.25) is 0 Å². The SMILES string of the molecule is Cc1cc(C)cc(NC(=O)c2cccc3cc(Oc4ncnc5[nH]ccc45)ccc23)c1. The third kappa shape index (κ3) is 3.71. The normalized spacial score (nSPS) is 11.0. The van der Waals surface area contributed by atoms with Crippen molar-refractivity contribution in [3.63, 3.8) is 0 Å². The van der Waals surface area contributed by atoms with Gasteiger partial charge in [0.15, 0.2) is 0 Å². The molecular formula is C25H20N4O2. The van der Waals surface area contributed by atoms with Crippen molar-refractivity contribution in [1.29, 1.82) is 0 Å². The first-order valence-corrected chi connectivity index (χ1v) is 9.95. The molecule has 6 heteroatoms. The van der Waals surface area contributed by atoms with E-state index in [0.29, 0.717) is 17.2 Å². The summed E-state index contributed by atoms with van der Waals surface area (Å²) < 4.78 is 6.01. The Balaban J connectivity index is 1.46. The molecule has 2 heterocycles. The summed E-state index contributed by atoms with van der Waals surface area (Å²) >= 11 is 0. The highest BCUT2D eigenvalue weighted by Gasteiger charge is 2.13. The Labute approximate surface area is 178 Å². The average molecular weight is 408 g/mol. The fraction of sp³-hybridized carbons (Fsp3) is 0.0800. The molecule has 0 spiro atoms. The lowest BCUT2D eigenvalue weighted by atomic mass is 10.0. The minimum absolute atomic E-state index is 0.144. The molecule has 2 N–H and O–H groups in total. The first-order valence-electron chi connectivity index (χ1n) is 9.95. The molecule has 0 unspecified atom stereocenters. The molecule has 0 saturated heterocycles. The van der Waals surface area contributed by atoms with Crippen LogP contribution < -0.4 is 10.1 Å². The maximum absolute atomic E-state index is 13.0. The van der Waals surface area contributed by atoms with Crippen LogP contribution in [0.1, 0.15) is 21.5 Å². The summed E-state index contributed by atoms with van der Waals surface area (Å²) in [5, 5.41) is 5.58. The number of H-pyrrole nitrogens is 1.